The van der Waals surface area contributed by atoms with Crippen molar-refractivity contribution in [2.45, 2.75) is 32.4 Å². The summed E-state index contributed by atoms with van der Waals surface area (Å²) in [4.78, 5) is 15.9. The molecule has 5 rings (SSSR count). The molecule has 0 saturated heterocycles. The van der Waals surface area contributed by atoms with Gasteiger partial charge in [-0.25, -0.2) is 9.78 Å². The molecule has 0 saturated carbocycles. The fourth-order valence-electron chi connectivity index (χ4n) is 3.49. The first kappa shape index (κ1) is 21.7. The molecule has 3 aromatic rings. The third-order valence-corrected chi connectivity index (χ3v) is 4.99. The second-order valence-corrected chi connectivity index (χ2v) is 7.22. The number of nitrogens with zero attached hydrogens (tertiary/aromatic N) is 5. The Bertz CT molecular complexity index is 1080. The summed E-state index contributed by atoms with van der Waals surface area (Å²) in [5.41, 5.74) is 2.45. The third-order valence-electron chi connectivity index (χ3n) is 4.99. The highest BCUT2D eigenvalue weighted by molar-refractivity contribution is 5.73. The number of hydrogen-bond acceptors (Lipinski definition) is 6. The van der Waals surface area contributed by atoms with Crippen LogP contribution in [0.25, 0.3) is 0 Å². The van der Waals surface area contributed by atoms with Gasteiger partial charge < -0.3 is 19.1 Å². The number of carboxylic acid groups (broad SMARTS) is 1. The number of aromatic nitrogens is 4. The summed E-state index contributed by atoms with van der Waals surface area (Å²) in [7, 11) is 0. The van der Waals surface area contributed by atoms with Crippen LogP contribution < -0.4 is 9.47 Å². The number of benzene rings is 1. The largest absolute Gasteiger partial charge is 0.490 e. The van der Waals surface area contributed by atoms with Crippen LogP contribution in [0.2, 0.25) is 0 Å². The Morgan fingerprint density at radius 2 is 1.94 bits per heavy atom. The van der Waals surface area contributed by atoms with Gasteiger partial charge in [0.2, 0.25) is 6.79 Å². The maximum Gasteiger partial charge on any atom is 0.490 e. The predicted molar refractivity (Wildman–Crippen MR) is 104 cm³/mol. The van der Waals surface area contributed by atoms with Crippen LogP contribution in [0, 0.1) is 0 Å². The molecule has 0 radical (unpaired) electrons. The van der Waals surface area contributed by atoms with Gasteiger partial charge in [-0.3, -0.25) is 9.58 Å². The van der Waals surface area contributed by atoms with Crippen LogP contribution in [0.15, 0.2) is 42.9 Å². The van der Waals surface area contributed by atoms with Gasteiger partial charge in [-0.1, -0.05) is 6.07 Å². The van der Waals surface area contributed by atoms with Crippen molar-refractivity contribution in [3.05, 3.63) is 59.9 Å². The predicted octanol–water partition coefficient (Wildman–Crippen LogP) is 2.51. The highest BCUT2D eigenvalue weighted by atomic mass is 19.4. The normalized spacial score (nSPS) is 15.1. The number of halogens is 3. The van der Waals surface area contributed by atoms with Gasteiger partial charge >= 0.3 is 12.1 Å². The first-order chi connectivity index (χ1) is 15.3. The first-order valence-electron chi connectivity index (χ1n) is 9.71. The fourth-order valence-corrected chi connectivity index (χ4v) is 3.49. The zero-order valence-corrected chi connectivity index (χ0v) is 16.8. The van der Waals surface area contributed by atoms with Gasteiger partial charge in [-0.2, -0.15) is 18.3 Å². The fraction of sp³-hybridized carbons (Fsp3) is 0.350. The quantitative estimate of drug-likeness (QED) is 0.651. The SMILES string of the molecule is O=C(O)C(F)(F)F.c1cnn(Cc2cnc3n2CCN(Cc2ccc4c(c2)OCO4)C3)c1. The van der Waals surface area contributed by atoms with E-state index in [2.05, 4.69) is 31.7 Å². The molecule has 4 heterocycles. The van der Waals surface area contributed by atoms with E-state index in [1.807, 2.05) is 29.2 Å². The molecule has 0 unspecified atom stereocenters. The molecule has 1 N–H and O–H groups in total. The zero-order chi connectivity index (χ0) is 22.7. The number of ether oxygens (including phenoxy) is 2. The second-order valence-electron chi connectivity index (χ2n) is 7.22. The van der Waals surface area contributed by atoms with Crippen molar-refractivity contribution in [1.82, 2.24) is 24.2 Å². The molecule has 1 aromatic carbocycles. The monoisotopic (exact) mass is 451 g/mol. The number of imidazole rings is 1. The maximum absolute atomic E-state index is 10.6. The Kier molecular flexibility index (Phi) is 6.04. The molecule has 0 amide bonds. The second kappa shape index (κ2) is 8.91. The van der Waals surface area contributed by atoms with Crippen LogP contribution in [0.3, 0.4) is 0 Å². The molecule has 170 valence electrons. The van der Waals surface area contributed by atoms with Gasteiger partial charge in [0.1, 0.15) is 5.82 Å². The van der Waals surface area contributed by atoms with E-state index in [0.29, 0.717) is 6.79 Å². The highest BCUT2D eigenvalue weighted by Gasteiger charge is 2.38. The Labute approximate surface area is 180 Å². The van der Waals surface area contributed by atoms with Crippen molar-refractivity contribution in [2.75, 3.05) is 13.3 Å². The number of rotatable bonds is 4. The van der Waals surface area contributed by atoms with Crippen LogP contribution >= 0.6 is 0 Å². The Morgan fingerprint density at radius 3 is 2.66 bits per heavy atom. The van der Waals surface area contributed by atoms with Crippen LogP contribution in [-0.2, 0) is 31.0 Å². The van der Waals surface area contributed by atoms with Crippen LogP contribution in [0.5, 0.6) is 11.5 Å². The average molecular weight is 451 g/mol. The molecular formula is C20H20F3N5O4. The highest BCUT2D eigenvalue weighted by Crippen LogP contribution is 2.33. The van der Waals surface area contributed by atoms with E-state index in [9.17, 15) is 13.2 Å². The molecule has 32 heavy (non-hydrogen) atoms. The number of aliphatic carboxylic acids is 1. The maximum atomic E-state index is 10.6. The van der Waals surface area contributed by atoms with E-state index < -0.39 is 12.1 Å². The first-order valence-corrected chi connectivity index (χ1v) is 9.71. The molecule has 0 fully saturated rings. The smallest absolute Gasteiger partial charge is 0.475 e. The van der Waals surface area contributed by atoms with Gasteiger partial charge in [-0.05, 0) is 23.8 Å². The lowest BCUT2D eigenvalue weighted by Crippen LogP contribution is -2.34. The van der Waals surface area contributed by atoms with E-state index in [0.717, 1.165) is 50.0 Å². The van der Waals surface area contributed by atoms with E-state index in [4.69, 9.17) is 19.4 Å². The third kappa shape index (κ3) is 5.02. The van der Waals surface area contributed by atoms with Crippen LogP contribution in [0.1, 0.15) is 17.1 Å². The molecule has 0 aliphatic carbocycles. The lowest BCUT2D eigenvalue weighted by Gasteiger charge is -2.28. The van der Waals surface area contributed by atoms with Crippen LogP contribution in [-0.4, -0.2) is 54.8 Å². The molecule has 2 aliphatic heterocycles. The van der Waals surface area contributed by atoms with Gasteiger partial charge in [0.05, 0.1) is 25.0 Å². The van der Waals surface area contributed by atoms with Crippen molar-refractivity contribution in [2.24, 2.45) is 0 Å². The summed E-state index contributed by atoms with van der Waals surface area (Å²) in [5, 5.41) is 11.4. The van der Waals surface area contributed by atoms with Gasteiger partial charge in [0.15, 0.2) is 11.5 Å². The Hall–Kier alpha value is -3.54. The summed E-state index contributed by atoms with van der Waals surface area (Å²) >= 11 is 0. The van der Waals surface area contributed by atoms with Gasteiger partial charge in [0, 0.05) is 32.0 Å². The minimum atomic E-state index is -5.08. The molecule has 0 spiro atoms. The molecule has 0 bridgehead atoms. The number of hydrogen-bond donors (Lipinski definition) is 1. The summed E-state index contributed by atoms with van der Waals surface area (Å²) < 4.78 is 46.8. The Morgan fingerprint density at radius 1 is 1.16 bits per heavy atom. The van der Waals surface area contributed by atoms with Crippen molar-refractivity contribution >= 4 is 5.97 Å². The zero-order valence-electron chi connectivity index (χ0n) is 16.8. The van der Waals surface area contributed by atoms with Crippen LogP contribution in [0.4, 0.5) is 13.2 Å². The standard InChI is InChI=1S/C18H19N5O2.C2HF3O2/c1-4-20-22(5-1)11-15-9-19-18-12-21(6-7-23(15)18)10-14-2-3-16-17(8-14)25-13-24-16;3-2(4,5)1(6)7/h1-5,8-9H,6-7,10-13H2;(H,6,7). The van der Waals surface area contributed by atoms with E-state index in [-0.39, 0.29) is 0 Å². The molecular weight excluding hydrogens is 431 g/mol. The minimum absolute atomic E-state index is 0.318. The van der Waals surface area contributed by atoms with E-state index >= 15 is 0 Å². The van der Waals surface area contributed by atoms with Crippen molar-refractivity contribution in [1.29, 1.82) is 0 Å². The number of alkyl halides is 3. The number of carbonyl (C=O) groups is 1. The van der Waals surface area contributed by atoms with Crippen molar-refractivity contribution in [3.63, 3.8) is 0 Å². The average Bonchev–Trinajstić information content (AvgIpc) is 3.49. The molecule has 0 atom stereocenters. The molecule has 2 aliphatic rings. The Balaban J connectivity index is 0.000000307. The molecule has 2 aromatic heterocycles. The van der Waals surface area contributed by atoms with E-state index in [1.54, 1.807) is 6.20 Å². The lowest BCUT2D eigenvalue weighted by atomic mass is 10.2. The van der Waals surface area contributed by atoms with Gasteiger partial charge in [-0.15, -0.1) is 0 Å². The summed E-state index contributed by atoms with van der Waals surface area (Å²) in [6, 6.07) is 8.12. The van der Waals surface area contributed by atoms with Crippen molar-refractivity contribution < 1.29 is 32.5 Å². The summed E-state index contributed by atoms with van der Waals surface area (Å²) in [6.45, 7) is 4.78. The van der Waals surface area contributed by atoms with E-state index in [1.165, 1.54) is 11.3 Å². The van der Waals surface area contributed by atoms with Crippen molar-refractivity contribution in [3.8, 4) is 11.5 Å². The molecule has 12 heteroatoms. The molecule has 9 nitrogen and oxygen atoms in total. The minimum Gasteiger partial charge on any atom is -0.475 e. The van der Waals surface area contributed by atoms with Gasteiger partial charge in [0.25, 0.3) is 0 Å². The summed E-state index contributed by atoms with van der Waals surface area (Å²) in [5.74, 6) is 0.0420. The number of carboxylic acids is 1. The number of fused-ring (bicyclic) bond motifs is 2. The topological polar surface area (TPSA) is 94.6 Å². The summed E-state index contributed by atoms with van der Waals surface area (Å²) in [6.07, 6.45) is 0.677. The lowest BCUT2D eigenvalue weighted by molar-refractivity contribution is -0.192.